The van der Waals surface area contributed by atoms with Crippen molar-refractivity contribution >= 4 is 0 Å². The second kappa shape index (κ2) is 6.79. The van der Waals surface area contributed by atoms with E-state index in [4.69, 9.17) is 4.74 Å². The highest BCUT2D eigenvalue weighted by molar-refractivity contribution is 5.30. The summed E-state index contributed by atoms with van der Waals surface area (Å²) in [5.74, 6) is 0.968. The van der Waals surface area contributed by atoms with Crippen molar-refractivity contribution in [2.75, 3.05) is 13.7 Å². The Morgan fingerprint density at radius 3 is 2.22 bits per heavy atom. The average Bonchev–Trinajstić information content (AvgIpc) is 2.30. The first kappa shape index (κ1) is 15.0. The normalized spacial score (nSPS) is 13.4. The molecule has 1 aromatic rings. The number of hydrogen-bond acceptors (Lipinski definition) is 2. The third kappa shape index (κ3) is 4.34. The fourth-order valence-electron chi connectivity index (χ4n) is 2.19. The van der Waals surface area contributed by atoms with Crippen LogP contribution in [-0.4, -0.2) is 13.7 Å². The minimum absolute atomic E-state index is 0.208. The van der Waals surface area contributed by atoms with Crippen molar-refractivity contribution in [1.82, 2.24) is 5.32 Å². The Kier molecular flexibility index (Phi) is 5.67. The van der Waals surface area contributed by atoms with Crippen LogP contribution in [-0.2, 0) is 0 Å². The van der Waals surface area contributed by atoms with Gasteiger partial charge in [0.1, 0.15) is 5.75 Å². The van der Waals surface area contributed by atoms with Crippen molar-refractivity contribution in [1.29, 1.82) is 0 Å². The van der Waals surface area contributed by atoms with Crippen LogP contribution in [0.15, 0.2) is 24.3 Å². The van der Waals surface area contributed by atoms with Gasteiger partial charge >= 0.3 is 0 Å². The summed E-state index contributed by atoms with van der Waals surface area (Å²) >= 11 is 0. The standard InChI is InChI=1S/C16H27NO/c1-6-7-12-18-14-10-8-13(9-11-14)15(17-5)16(2,3)4/h8-11,15,17H,6-7,12H2,1-5H3. The van der Waals surface area contributed by atoms with E-state index >= 15 is 0 Å². The minimum Gasteiger partial charge on any atom is -0.494 e. The molecule has 102 valence electrons. The van der Waals surface area contributed by atoms with E-state index < -0.39 is 0 Å². The zero-order chi connectivity index (χ0) is 13.6. The van der Waals surface area contributed by atoms with Crippen molar-refractivity contribution < 1.29 is 4.74 Å². The first-order valence-electron chi connectivity index (χ1n) is 6.89. The maximum absolute atomic E-state index is 5.68. The molecule has 1 atom stereocenters. The molecule has 1 rings (SSSR count). The summed E-state index contributed by atoms with van der Waals surface area (Å²) in [4.78, 5) is 0. The van der Waals surface area contributed by atoms with Crippen LogP contribution in [0.1, 0.15) is 52.1 Å². The molecule has 18 heavy (non-hydrogen) atoms. The largest absolute Gasteiger partial charge is 0.494 e. The summed E-state index contributed by atoms with van der Waals surface area (Å²) in [6.07, 6.45) is 2.28. The Bertz CT molecular complexity index is 337. The molecule has 0 bridgehead atoms. The third-order valence-electron chi connectivity index (χ3n) is 3.13. The van der Waals surface area contributed by atoms with Gasteiger partial charge < -0.3 is 10.1 Å². The lowest BCUT2D eigenvalue weighted by molar-refractivity contribution is 0.285. The number of nitrogens with one attached hydrogen (secondary N) is 1. The van der Waals surface area contributed by atoms with E-state index in [1.54, 1.807) is 0 Å². The quantitative estimate of drug-likeness (QED) is 0.764. The van der Waals surface area contributed by atoms with Crippen LogP contribution in [0, 0.1) is 5.41 Å². The van der Waals surface area contributed by atoms with Crippen LogP contribution in [0.4, 0.5) is 0 Å². The Balaban J connectivity index is 2.69. The van der Waals surface area contributed by atoms with Gasteiger partial charge in [0.05, 0.1) is 6.61 Å². The second-order valence-corrected chi connectivity index (χ2v) is 5.86. The molecule has 1 unspecified atom stereocenters. The van der Waals surface area contributed by atoms with Crippen molar-refractivity contribution in [3.8, 4) is 5.75 Å². The number of benzene rings is 1. The van der Waals surface area contributed by atoms with Crippen LogP contribution in [0.3, 0.4) is 0 Å². The van der Waals surface area contributed by atoms with E-state index in [-0.39, 0.29) is 5.41 Å². The molecular formula is C16H27NO. The fourth-order valence-corrected chi connectivity index (χ4v) is 2.19. The second-order valence-electron chi connectivity index (χ2n) is 5.86. The van der Waals surface area contributed by atoms with E-state index in [1.807, 2.05) is 7.05 Å². The third-order valence-corrected chi connectivity index (χ3v) is 3.13. The van der Waals surface area contributed by atoms with Gasteiger partial charge in [-0.3, -0.25) is 0 Å². The van der Waals surface area contributed by atoms with Crippen LogP contribution in [0.2, 0.25) is 0 Å². The lowest BCUT2D eigenvalue weighted by Gasteiger charge is -2.30. The molecule has 0 heterocycles. The summed E-state index contributed by atoms with van der Waals surface area (Å²) < 4.78 is 5.68. The lowest BCUT2D eigenvalue weighted by Crippen LogP contribution is -2.29. The molecule has 0 amide bonds. The Hall–Kier alpha value is -1.02. The predicted molar refractivity (Wildman–Crippen MR) is 78.1 cm³/mol. The zero-order valence-corrected chi connectivity index (χ0v) is 12.4. The van der Waals surface area contributed by atoms with Crippen molar-refractivity contribution in [3.05, 3.63) is 29.8 Å². The molecule has 0 aromatic heterocycles. The number of unbranched alkanes of at least 4 members (excludes halogenated alkanes) is 1. The molecule has 0 aliphatic heterocycles. The van der Waals surface area contributed by atoms with Gasteiger partial charge in [-0.15, -0.1) is 0 Å². The molecule has 0 spiro atoms. The monoisotopic (exact) mass is 249 g/mol. The molecule has 0 saturated heterocycles. The molecule has 1 N–H and O–H groups in total. The first-order valence-corrected chi connectivity index (χ1v) is 6.89. The van der Waals surface area contributed by atoms with Gasteiger partial charge in [0.25, 0.3) is 0 Å². The summed E-state index contributed by atoms with van der Waals surface area (Å²) in [6.45, 7) is 9.73. The van der Waals surface area contributed by atoms with Gasteiger partial charge in [0.15, 0.2) is 0 Å². The first-order chi connectivity index (χ1) is 8.49. The average molecular weight is 249 g/mol. The van der Waals surface area contributed by atoms with E-state index in [0.29, 0.717) is 6.04 Å². The SMILES string of the molecule is CCCCOc1ccc(C(NC)C(C)(C)C)cc1. The van der Waals surface area contributed by atoms with Gasteiger partial charge in [0.2, 0.25) is 0 Å². The number of hydrogen-bond donors (Lipinski definition) is 1. The summed E-state index contributed by atoms with van der Waals surface area (Å²) in [7, 11) is 2.02. The van der Waals surface area contributed by atoms with E-state index in [1.165, 1.54) is 12.0 Å². The van der Waals surface area contributed by atoms with Gasteiger partial charge in [-0.1, -0.05) is 46.2 Å². The van der Waals surface area contributed by atoms with Crippen molar-refractivity contribution in [2.24, 2.45) is 5.41 Å². The molecule has 1 aromatic carbocycles. The summed E-state index contributed by atoms with van der Waals surface area (Å²) in [5.41, 5.74) is 1.52. The van der Waals surface area contributed by atoms with Crippen LogP contribution < -0.4 is 10.1 Å². The number of rotatable bonds is 6. The molecule has 0 radical (unpaired) electrons. The zero-order valence-electron chi connectivity index (χ0n) is 12.4. The van der Waals surface area contributed by atoms with Crippen molar-refractivity contribution in [3.63, 3.8) is 0 Å². The molecular weight excluding hydrogens is 222 g/mol. The highest BCUT2D eigenvalue weighted by Crippen LogP contribution is 2.32. The Morgan fingerprint density at radius 2 is 1.78 bits per heavy atom. The molecule has 2 heteroatoms. The highest BCUT2D eigenvalue weighted by Gasteiger charge is 2.24. The highest BCUT2D eigenvalue weighted by atomic mass is 16.5. The number of ether oxygens (including phenoxy) is 1. The van der Waals surface area contributed by atoms with Gasteiger partial charge in [-0.25, -0.2) is 0 Å². The molecule has 2 nitrogen and oxygen atoms in total. The predicted octanol–water partition coefficient (Wildman–Crippen LogP) is 4.17. The van der Waals surface area contributed by atoms with Crippen molar-refractivity contribution in [2.45, 2.75) is 46.6 Å². The lowest BCUT2D eigenvalue weighted by atomic mass is 9.82. The summed E-state index contributed by atoms with van der Waals surface area (Å²) in [6, 6.07) is 8.82. The van der Waals surface area contributed by atoms with Gasteiger partial charge in [0, 0.05) is 6.04 Å². The van der Waals surface area contributed by atoms with E-state index in [0.717, 1.165) is 18.8 Å². The van der Waals surface area contributed by atoms with E-state index in [9.17, 15) is 0 Å². The van der Waals surface area contributed by atoms with Gasteiger partial charge in [-0.2, -0.15) is 0 Å². The molecule has 0 saturated carbocycles. The Labute approximate surface area is 112 Å². The molecule has 0 aliphatic rings. The van der Waals surface area contributed by atoms with Gasteiger partial charge in [-0.05, 0) is 36.6 Å². The Morgan fingerprint density at radius 1 is 1.17 bits per heavy atom. The smallest absolute Gasteiger partial charge is 0.119 e. The molecule has 0 fully saturated rings. The topological polar surface area (TPSA) is 21.3 Å². The van der Waals surface area contributed by atoms with Crippen LogP contribution in [0.5, 0.6) is 5.75 Å². The van der Waals surface area contributed by atoms with Crippen LogP contribution >= 0.6 is 0 Å². The van der Waals surface area contributed by atoms with Crippen LogP contribution in [0.25, 0.3) is 0 Å². The summed E-state index contributed by atoms with van der Waals surface area (Å²) in [5, 5.41) is 3.39. The van der Waals surface area contributed by atoms with E-state index in [2.05, 4.69) is 57.3 Å². The molecule has 0 aliphatic carbocycles. The maximum atomic E-state index is 5.68. The fraction of sp³-hybridized carbons (Fsp3) is 0.625. The minimum atomic E-state index is 0.208. The maximum Gasteiger partial charge on any atom is 0.119 e.